The van der Waals surface area contributed by atoms with E-state index in [0.717, 1.165) is 15.6 Å². The van der Waals surface area contributed by atoms with E-state index >= 15 is 0 Å². The van der Waals surface area contributed by atoms with Gasteiger partial charge < -0.3 is 0 Å². The highest BCUT2D eigenvalue weighted by Gasteiger charge is 2.06. The first-order valence-electron chi connectivity index (χ1n) is 3.50. The lowest BCUT2D eigenvalue weighted by Crippen LogP contribution is -1.86. The van der Waals surface area contributed by atoms with Gasteiger partial charge in [-0.25, -0.2) is 0 Å². The van der Waals surface area contributed by atoms with Gasteiger partial charge in [-0.05, 0) is 17.5 Å². The molecule has 0 aliphatic carbocycles. The van der Waals surface area contributed by atoms with Gasteiger partial charge in [0.05, 0.1) is 9.90 Å². The van der Waals surface area contributed by atoms with Gasteiger partial charge in [-0.2, -0.15) is 5.10 Å². The Labute approximate surface area is 79.4 Å². The Balaban J connectivity index is 2.50. The van der Waals surface area contributed by atoms with Crippen LogP contribution in [0.3, 0.4) is 0 Å². The Morgan fingerprint density at radius 2 is 2.33 bits per heavy atom. The highest BCUT2D eigenvalue weighted by molar-refractivity contribution is 7.14. The predicted molar refractivity (Wildman–Crippen MR) is 51.5 cm³/mol. The number of halogens is 1. The number of thiophene rings is 1. The molecule has 0 fully saturated rings. The third kappa shape index (κ3) is 1.26. The normalized spacial score (nSPS) is 10.5. The van der Waals surface area contributed by atoms with Crippen molar-refractivity contribution in [2.45, 2.75) is 0 Å². The lowest BCUT2D eigenvalue weighted by Gasteiger charge is -1.90. The van der Waals surface area contributed by atoms with E-state index in [0.29, 0.717) is 0 Å². The van der Waals surface area contributed by atoms with Crippen LogP contribution in [0, 0.1) is 0 Å². The third-order valence-corrected chi connectivity index (χ3v) is 2.93. The number of nitrogens with zero attached hydrogens (tertiary/aromatic N) is 2. The molecule has 0 aliphatic heterocycles. The van der Waals surface area contributed by atoms with E-state index < -0.39 is 0 Å². The molecule has 0 unspecified atom stereocenters. The molecule has 0 bridgehead atoms. The van der Waals surface area contributed by atoms with Gasteiger partial charge in [0.25, 0.3) is 0 Å². The Morgan fingerprint density at radius 1 is 1.50 bits per heavy atom. The summed E-state index contributed by atoms with van der Waals surface area (Å²) in [5.41, 5.74) is 0.942. The van der Waals surface area contributed by atoms with Gasteiger partial charge in [0.2, 0.25) is 0 Å². The van der Waals surface area contributed by atoms with E-state index in [4.69, 9.17) is 11.6 Å². The van der Waals surface area contributed by atoms with Crippen molar-refractivity contribution in [2.24, 2.45) is 7.05 Å². The summed E-state index contributed by atoms with van der Waals surface area (Å²) in [4.78, 5) is 1.04. The maximum Gasteiger partial charge on any atom is 0.104 e. The van der Waals surface area contributed by atoms with Crippen LogP contribution in [0.1, 0.15) is 0 Å². The molecule has 0 atom stereocenters. The van der Waals surface area contributed by atoms with Crippen LogP contribution < -0.4 is 0 Å². The molecular weight excluding hydrogens is 192 g/mol. The van der Waals surface area contributed by atoms with Crippen molar-refractivity contribution < 1.29 is 0 Å². The van der Waals surface area contributed by atoms with Crippen LogP contribution in [-0.2, 0) is 7.05 Å². The van der Waals surface area contributed by atoms with Gasteiger partial charge in [-0.1, -0.05) is 11.6 Å². The molecule has 2 rings (SSSR count). The predicted octanol–water partition coefficient (Wildman–Crippen LogP) is 2.80. The maximum absolute atomic E-state index is 5.94. The number of rotatable bonds is 1. The van der Waals surface area contributed by atoms with Crippen molar-refractivity contribution in [3.05, 3.63) is 28.7 Å². The highest BCUT2D eigenvalue weighted by Crippen LogP contribution is 2.31. The molecular formula is C8H7ClN2S. The second-order valence-corrected chi connectivity index (χ2v) is 3.80. The highest BCUT2D eigenvalue weighted by atomic mass is 35.5. The molecule has 0 aliphatic rings. The minimum absolute atomic E-state index is 0.777. The first-order chi connectivity index (χ1) is 5.77. The Morgan fingerprint density at radius 3 is 2.83 bits per heavy atom. The van der Waals surface area contributed by atoms with Crippen LogP contribution in [0.2, 0.25) is 5.02 Å². The zero-order valence-corrected chi connectivity index (χ0v) is 8.06. The van der Waals surface area contributed by atoms with E-state index in [2.05, 4.69) is 5.10 Å². The van der Waals surface area contributed by atoms with Crippen molar-refractivity contribution in [1.29, 1.82) is 0 Å². The van der Waals surface area contributed by atoms with Crippen LogP contribution in [0.25, 0.3) is 10.6 Å². The molecule has 0 N–H and O–H groups in total. The minimum Gasteiger partial charge on any atom is -0.275 e. The first kappa shape index (κ1) is 7.83. The number of hydrogen-bond donors (Lipinski definition) is 0. The van der Waals surface area contributed by atoms with E-state index in [1.165, 1.54) is 0 Å². The number of hydrogen-bond acceptors (Lipinski definition) is 2. The summed E-state index contributed by atoms with van der Waals surface area (Å²) in [5.74, 6) is 0. The second kappa shape index (κ2) is 2.92. The average molecular weight is 199 g/mol. The van der Waals surface area contributed by atoms with Crippen LogP contribution in [-0.4, -0.2) is 9.78 Å². The van der Waals surface area contributed by atoms with Crippen molar-refractivity contribution in [3.8, 4) is 10.6 Å². The Bertz CT molecular complexity index is 391. The van der Waals surface area contributed by atoms with Crippen LogP contribution in [0.15, 0.2) is 23.7 Å². The average Bonchev–Trinajstić information content (AvgIpc) is 2.58. The largest absolute Gasteiger partial charge is 0.275 e. The van der Waals surface area contributed by atoms with Crippen molar-refractivity contribution >= 4 is 22.9 Å². The summed E-state index contributed by atoms with van der Waals surface area (Å²) in [6, 6.07) is 3.84. The quantitative estimate of drug-likeness (QED) is 0.689. The molecule has 62 valence electrons. The number of aryl methyl sites for hydroxylation is 1. The van der Waals surface area contributed by atoms with Crippen molar-refractivity contribution in [1.82, 2.24) is 9.78 Å². The molecule has 0 spiro atoms. The molecule has 4 heteroatoms. The van der Waals surface area contributed by atoms with Crippen molar-refractivity contribution in [2.75, 3.05) is 0 Å². The Kier molecular flexibility index (Phi) is 1.90. The molecule has 0 saturated heterocycles. The van der Waals surface area contributed by atoms with Gasteiger partial charge in [-0.15, -0.1) is 11.3 Å². The monoisotopic (exact) mass is 198 g/mol. The zero-order chi connectivity index (χ0) is 8.55. The Hall–Kier alpha value is -0.800. The minimum atomic E-state index is 0.777. The van der Waals surface area contributed by atoms with Crippen LogP contribution in [0.4, 0.5) is 0 Å². The van der Waals surface area contributed by atoms with Gasteiger partial charge in [0, 0.05) is 13.2 Å². The van der Waals surface area contributed by atoms with Gasteiger partial charge in [0.15, 0.2) is 0 Å². The summed E-state index contributed by atoms with van der Waals surface area (Å²) < 4.78 is 1.77. The first-order valence-corrected chi connectivity index (χ1v) is 4.76. The van der Waals surface area contributed by atoms with Gasteiger partial charge in [-0.3, -0.25) is 4.68 Å². The van der Waals surface area contributed by atoms with E-state index in [-0.39, 0.29) is 0 Å². The van der Waals surface area contributed by atoms with Crippen LogP contribution >= 0.6 is 22.9 Å². The lowest BCUT2D eigenvalue weighted by molar-refractivity contribution is 0.771. The lowest BCUT2D eigenvalue weighted by atomic mass is 10.3. The fourth-order valence-corrected chi connectivity index (χ4v) is 2.13. The molecule has 2 nitrogen and oxygen atoms in total. The zero-order valence-electron chi connectivity index (χ0n) is 6.49. The van der Waals surface area contributed by atoms with E-state index in [1.54, 1.807) is 16.0 Å². The van der Waals surface area contributed by atoms with Crippen molar-refractivity contribution in [3.63, 3.8) is 0 Å². The molecule has 2 heterocycles. The fourth-order valence-electron chi connectivity index (χ4n) is 1.01. The fraction of sp³-hybridized carbons (Fsp3) is 0.125. The second-order valence-electron chi connectivity index (χ2n) is 2.47. The summed E-state index contributed by atoms with van der Waals surface area (Å²) in [5, 5.41) is 7.00. The topological polar surface area (TPSA) is 17.8 Å². The molecule has 0 radical (unpaired) electrons. The summed E-state index contributed by atoms with van der Waals surface area (Å²) in [7, 11) is 1.89. The molecule has 0 saturated carbocycles. The molecule has 0 amide bonds. The van der Waals surface area contributed by atoms with E-state index in [1.807, 2.05) is 30.8 Å². The van der Waals surface area contributed by atoms with Gasteiger partial charge >= 0.3 is 0 Å². The smallest absolute Gasteiger partial charge is 0.104 e. The van der Waals surface area contributed by atoms with Gasteiger partial charge in [0.1, 0.15) is 5.69 Å². The molecule has 0 aromatic carbocycles. The molecule has 2 aromatic heterocycles. The van der Waals surface area contributed by atoms with Crippen LogP contribution in [0.5, 0.6) is 0 Å². The number of aromatic nitrogens is 2. The summed E-state index contributed by atoms with van der Waals surface area (Å²) in [6.45, 7) is 0. The summed E-state index contributed by atoms with van der Waals surface area (Å²) >= 11 is 7.55. The molecule has 2 aromatic rings. The third-order valence-electron chi connectivity index (χ3n) is 1.56. The van der Waals surface area contributed by atoms with E-state index in [9.17, 15) is 0 Å². The standard InChI is InChI=1S/C8H7ClN2S/c1-11-4-2-7(10-11)8-6(9)3-5-12-8/h2-5H,1H3. The SMILES string of the molecule is Cn1ccc(-c2sccc2Cl)n1. The molecule has 12 heavy (non-hydrogen) atoms. The summed E-state index contributed by atoms with van der Waals surface area (Å²) in [6.07, 6.45) is 1.91. The maximum atomic E-state index is 5.94.